The predicted octanol–water partition coefficient (Wildman–Crippen LogP) is 6.48. The molecule has 186 valence electrons. The van der Waals surface area contributed by atoms with Crippen molar-refractivity contribution in [3.63, 3.8) is 0 Å². The molecule has 0 unspecified atom stereocenters. The summed E-state index contributed by atoms with van der Waals surface area (Å²) in [5.74, 6) is 2.30. The Morgan fingerprint density at radius 2 is 1.56 bits per heavy atom. The molecule has 0 atom stereocenters. The van der Waals surface area contributed by atoms with Crippen LogP contribution < -0.4 is 24.3 Å². The van der Waals surface area contributed by atoms with Gasteiger partial charge in [-0.1, -0.05) is 6.07 Å². The molecule has 0 aliphatic heterocycles. The Balaban J connectivity index is 1.76. The number of fused-ring (bicyclic) bond motifs is 1. The van der Waals surface area contributed by atoms with E-state index in [1.54, 1.807) is 34.7 Å². The van der Waals surface area contributed by atoms with Crippen LogP contribution in [-0.4, -0.2) is 34.3 Å². The van der Waals surface area contributed by atoms with E-state index in [0.29, 0.717) is 34.3 Å². The van der Waals surface area contributed by atoms with Gasteiger partial charge in [-0.15, -0.1) is 0 Å². The topological polar surface area (TPSA) is 79.2 Å². The van der Waals surface area contributed by atoms with Crippen molar-refractivity contribution in [1.29, 1.82) is 0 Å². The van der Waals surface area contributed by atoms with Crippen LogP contribution in [0.4, 0.5) is 5.69 Å². The summed E-state index contributed by atoms with van der Waals surface area (Å²) in [5, 5.41) is 3.76. The first-order chi connectivity index (χ1) is 17.4. The van der Waals surface area contributed by atoms with Crippen LogP contribution in [0.2, 0.25) is 0 Å². The zero-order valence-electron chi connectivity index (χ0n) is 21.2. The lowest BCUT2D eigenvalue weighted by Crippen LogP contribution is -2.10. The van der Waals surface area contributed by atoms with Gasteiger partial charge in [0.05, 0.1) is 40.4 Å². The van der Waals surface area contributed by atoms with E-state index in [-0.39, 0.29) is 5.91 Å². The Kier molecular flexibility index (Phi) is 7.20. The van der Waals surface area contributed by atoms with Gasteiger partial charge in [-0.3, -0.25) is 4.79 Å². The third-order valence-electron chi connectivity index (χ3n) is 5.98. The monoisotopic (exact) mass is 487 g/mol. The van der Waals surface area contributed by atoms with Gasteiger partial charge in [0.1, 0.15) is 28.6 Å². The van der Waals surface area contributed by atoms with E-state index in [4.69, 9.17) is 23.4 Å². The van der Waals surface area contributed by atoms with Gasteiger partial charge in [0.25, 0.3) is 0 Å². The van der Waals surface area contributed by atoms with Gasteiger partial charge in [-0.25, -0.2) is 0 Å². The van der Waals surface area contributed by atoms with Gasteiger partial charge in [0.15, 0.2) is 0 Å². The number of anilines is 1. The van der Waals surface area contributed by atoms with E-state index < -0.39 is 0 Å². The van der Waals surface area contributed by atoms with Gasteiger partial charge in [0.2, 0.25) is 5.91 Å². The summed E-state index contributed by atoms with van der Waals surface area (Å²) >= 11 is 0. The first kappa shape index (κ1) is 24.7. The van der Waals surface area contributed by atoms with Crippen LogP contribution in [0, 0.1) is 6.92 Å². The third kappa shape index (κ3) is 4.86. The fraction of sp³-hybridized carbons (Fsp3) is 0.207. The quantitative estimate of drug-likeness (QED) is 0.286. The molecular weight excluding hydrogens is 458 g/mol. The Bertz CT molecular complexity index is 1450. The molecule has 0 spiro atoms. The normalized spacial score (nSPS) is 11.3. The number of carbonyl (C=O) groups excluding carboxylic acids is 1. The molecule has 0 bridgehead atoms. The summed E-state index contributed by atoms with van der Waals surface area (Å²) in [6.07, 6.45) is 3.22. The molecule has 0 radical (unpaired) electrons. The van der Waals surface area contributed by atoms with Crippen LogP contribution in [0.15, 0.2) is 65.3 Å². The summed E-state index contributed by atoms with van der Waals surface area (Å²) < 4.78 is 27.9. The van der Waals surface area contributed by atoms with Crippen LogP contribution in [-0.2, 0) is 4.79 Å². The number of hydrogen-bond donors (Lipinski definition) is 1. The molecule has 4 rings (SSSR count). The highest BCUT2D eigenvalue weighted by atomic mass is 16.5. The average Bonchev–Trinajstić information content (AvgIpc) is 3.30. The molecule has 7 nitrogen and oxygen atoms in total. The summed E-state index contributed by atoms with van der Waals surface area (Å²) in [5.41, 5.74) is 5.43. The van der Waals surface area contributed by atoms with Crippen molar-refractivity contribution in [2.75, 3.05) is 33.8 Å². The van der Waals surface area contributed by atoms with Crippen molar-refractivity contribution in [3.05, 3.63) is 72.0 Å². The number of allylic oxidation sites excluding steroid dienone is 1. The van der Waals surface area contributed by atoms with Crippen LogP contribution in [0.3, 0.4) is 0 Å². The van der Waals surface area contributed by atoms with Crippen molar-refractivity contribution < 1.29 is 28.2 Å². The minimum absolute atomic E-state index is 0.277. The molecular formula is C29H29NO6. The van der Waals surface area contributed by atoms with E-state index in [9.17, 15) is 4.79 Å². The highest BCUT2D eigenvalue weighted by molar-refractivity contribution is 6.06. The molecule has 7 heteroatoms. The second kappa shape index (κ2) is 10.5. The summed E-state index contributed by atoms with van der Waals surface area (Å²) in [7, 11) is 6.40. The van der Waals surface area contributed by atoms with Crippen molar-refractivity contribution >= 4 is 28.1 Å². The Morgan fingerprint density at radius 3 is 2.25 bits per heavy atom. The molecule has 0 aliphatic rings. The number of ether oxygens (including phenoxy) is 4. The average molecular weight is 488 g/mol. The standard InChI is InChI=1S/C29H29NO6/c1-17-7-9-26(34-5)24(11-17)30-29(31)12-18(2)20-14-22-23(16-36-28(22)15-27(20)35-6)21-13-19(32-3)8-10-25(21)33-4/h7-16H,1-6H3,(H,30,31)/b18-12+. The van der Waals surface area contributed by atoms with E-state index in [1.165, 1.54) is 6.08 Å². The predicted molar refractivity (Wildman–Crippen MR) is 141 cm³/mol. The van der Waals surface area contributed by atoms with Gasteiger partial charge in [-0.05, 0) is 61.4 Å². The molecule has 4 aromatic rings. The number of furan rings is 1. The lowest BCUT2D eigenvalue weighted by Gasteiger charge is -2.12. The Hall–Kier alpha value is -4.39. The number of rotatable bonds is 8. The van der Waals surface area contributed by atoms with Crippen LogP contribution >= 0.6 is 0 Å². The molecule has 0 aliphatic carbocycles. The molecule has 36 heavy (non-hydrogen) atoms. The van der Waals surface area contributed by atoms with Crippen molar-refractivity contribution in [2.24, 2.45) is 0 Å². The lowest BCUT2D eigenvalue weighted by atomic mass is 9.98. The number of benzene rings is 3. The van der Waals surface area contributed by atoms with E-state index >= 15 is 0 Å². The van der Waals surface area contributed by atoms with E-state index in [2.05, 4.69) is 5.32 Å². The van der Waals surface area contributed by atoms with Crippen molar-refractivity contribution in [1.82, 2.24) is 0 Å². The first-order valence-corrected chi connectivity index (χ1v) is 11.3. The van der Waals surface area contributed by atoms with Crippen LogP contribution in [0.25, 0.3) is 27.7 Å². The van der Waals surface area contributed by atoms with Gasteiger partial charge in [0, 0.05) is 34.2 Å². The summed E-state index contributed by atoms with van der Waals surface area (Å²) in [4.78, 5) is 12.9. The number of nitrogens with one attached hydrogen (secondary N) is 1. The van der Waals surface area contributed by atoms with Gasteiger partial charge >= 0.3 is 0 Å². The Morgan fingerprint density at radius 1 is 0.833 bits per heavy atom. The molecule has 0 fully saturated rings. The first-order valence-electron chi connectivity index (χ1n) is 11.3. The van der Waals surface area contributed by atoms with Crippen molar-refractivity contribution in [2.45, 2.75) is 13.8 Å². The number of methoxy groups -OCH3 is 4. The fourth-order valence-electron chi connectivity index (χ4n) is 4.13. The maximum atomic E-state index is 12.9. The largest absolute Gasteiger partial charge is 0.497 e. The molecule has 3 aromatic carbocycles. The lowest BCUT2D eigenvalue weighted by molar-refractivity contribution is -0.111. The van der Waals surface area contributed by atoms with Crippen molar-refractivity contribution in [3.8, 4) is 34.1 Å². The second-order valence-electron chi connectivity index (χ2n) is 8.28. The van der Waals surface area contributed by atoms with Crippen LogP contribution in [0.5, 0.6) is 23.0 Å². The minimum Gasteiger partial charge on any atom is -0.497 e. The molecule has 1 heterocycles. The summed E-state index contributed by atoms with van der Waals surface area (Å²) in [6, 6.07) is 15.0. The fourth-order valence-corrected chi connectivity index (χ4v) is 4.13. The smallest absolute Gasteiger partial charge is 0.248 e. The number of aryl methyl sites for hydroxylation is 1. The number of amides is 1. The molecule has 1 N–H and O–H groups in total. The maximum Gasteiger partial charge on any atom is 0.248 e. The highest BCUT2D eigenvalue weighted by Crippen LogP contribution is 2.41. The minimum atomic E-state index is -0.277. The maximum absolute atomic E-state index is 12.9. The Labute approximate surface area is 210 Å². The number of carbonyl (C=O) groups is 1. The third-order valence-corrected chi connectivity index (χ3v) is 5.98. The SMILES string of the molecule is COc1ccc(OC)c(-c2coc3cc(OC)c(/C(C)=C/C(=O)Nc4cc(C)ccc4OC)cc23)c1. The molecule has 1 amide bonds. The molecule has 0 saturated carbocycles. The van der Waals surface area contributed by atoms with Crippen LogP contribution in [0.1, 0.15) is 18.1 Å². The van der Waals surface area contributed by atoms with Gasteiger partial charge in [-0.2, -0.15) is 0 Å². The summed E-state index contributed by atoms with van der Waals surface area (Å²) in [6.45, 7) is 3.82. The highest BCUT2D eigenvalue weighted by Gasteiger charge is 2.18. The second-order valence-corrected chi connectivity index (χ2v) is 8.28. The zero-order chi connectivity index (χ0) is 25.8. The number of hydrogen-bond acceptors (Lipinski definition) is 6. The van der Waals surface area contributed by atoms with E-state index in [1.807, 2.05) is 62.4 Å². The zero-order valence-corrected chi connectivity index (χ0v) is 21.2. The van der Waals surface area contributed by atoms with Gasteiger partial charge < -0.3 is 28.7 Å². The molecule has 0 saturated heterocycles. The molecule has 1 aromatic heterocycles. The van der Waals surface area contributed by atoms with E-state index in [0.717, 1.165) is 33.2 Å².